The summed E-state index contributed by atoms with van der Waals surface area (Å²) in [5.41, 5.74) is -0.235. The lowest BCUT2D eigenvalue weighted by Gasteiger charge is -2.01. The Balaban J connectivity index is 2.21. The molecule has 0 saturated carbocycles. The molecule has 0 aliphatic heterocycles. The van der Waals surface area contributed by atoms with Gasteiger partial charge < -0.3 is 0 Å². The quantitative estimate of drug-likeness (QED) is 0.721. The van der Waals surface area contributed by atoms with Gasteiger partial charge in [-0.1, -0.05) is 18.2 Å². The number of fused-ring (bicyclic) bond motifs is 1. The second kappa shape index (κ2) is 4.52. The van der Waals surface area contributed by atoms with Gasteiger partial charge in [-0.15, -0.1) is 5.10 Å². The summed E-state index contributed by atoms with van der Waals surface area (Å²) in [5.74, 6) is 0.163. The van der Waals surface area contributed by atoms with Crippen molar-refractivity contribution in [1.29, 1.82) is 0 Å². The Bertz CT molecular complexity index is 838. The average molecular weight is 276 g/mol. The third-order valence-corrected chi connectivity index (χ3v) is 2.98. The summed E-state index contributed by atoms with van der Waals surface area (Å²) < 4.78 is 26.7. The average Bonchev–Trinajstić information content (AvgIpc) is 2.73. The van der Waals surface area contributed by atoms with E-state index in [9.17, 15) is 13.6 Å². The van der Waals surface area contributed by atoms with E-state index in [0.717, 1.165) is 10.1 Å². The first kappa shape index (κ1) is 12.5. The summed E-state index contributed by atoms with van der Waals surface area (Å²) in [6, 6.07) is 10.7. The number of hydrogen-bond donors (Lipinski definition) is 0. The number of rotatable bonds is 2. The third kappa shape index (κ3) is 1.87. The van der Waals surface area contributed by atoms with E-state index >= 15 is 0 Å². The summed E-state index contributed by atoms with van der Waals surface area (Å²) in [6.07, 6.45) is 0. The first-order chi connectivity index (χ1) is 9.58. The number of nitrogens with zero attached hydrogens (tertiary/aromatic N) is 4. The minimum Gasteiger partial charge on any atom is -0.245 e. The highest BCUT2D eigenvalue weighted by Crippen LogP contribution is 2.14. The molecule has 1 aromatic carbocycles. The lowest BCUT2D eigenvalue weighted by Crippen LogP contribution is -2.25. The lowest BCUT2D eigenvalue weighted by molar-refractivity contribution is 0.0640. The van der Waals surface area contributed by atoms with Gasteiger partial charge in [-0.05, 0) is 25.1 Å². The van der Waals surface area contributed by atoms with Gasteiger partial charge in [-0.25, -0.2) is 14.3 Å². The molecule has 20 heavy (non-hydrogen) atoms. The minimum atomic E-state index is -2.92. The van der Waals surface area contributed by atoms with Crippen LogP contribution in [-0.2, 0) is 0 Å². The highest BCUT2D eigenvalue weighted by molar-refractivity contribution is 5.79. The minimum absolute atomic E-state index is 0.0556. The zero-order chi connectivity index (χ0) is 14.3. The number of hydrogen-bond acceptors (Lipinski definition) is 3. The van der Waals surface area contributed by atoms with Crippen LogP contribution in [0.1, 0.15) is 12.4 Å². The Kier molecular flexibility index (Phi) is 2.81. The fraction of sp³-hybridized carbons (Fsp3) is 0.154. The molecule has 0 saturated heterocycles. The lowest BCUT2D eigenvalue weighted by atomic mass is 10.2. The number of pyridine rings is 1. The van der Waals surface area contributed by atoms with E-state index in [4.69, 9.17) is 0 Å². The maximum atomic E-state index is 12.8. The van der Waals surface area contributed by atoms with Crippen molar-refractivity contribution in [2.24, 2.45) is 0 Å². The SMILES string of the molecule is Cc1nn(-c2ccc3ccccc3n2)c(=O)n1C(F)F. The van der Waals surface area contributed by atoms with Crippen LogP contribution in [-0.4, -0.2) is 19.3 Å². The molecular formula is C13H10F2N4O. The van der Waals surface area contributed by atoms with E-state index in [1.165, 1.54) is 6.92 Å². The fourth-order valence-corrected chi connectivity index (χ4v) is 2.02. The molecule has 0 spiro atoms. The predicted molar refractivity (Wildman–Crippen MR) is 69.1 cm³/mol. The largest absolute Gasteiger partial charge is 0.356 e. The van der Waals surface area contributed by atoms with Crippen LogP contribution >= 0.6 is 0 Å². The highest BCUT2D eigenvalue weighted by Gasteiger charge is 2.18. The molecule has 0 fully saturated rings. The number of aromatic nitrogens is 4. The van der Waals surface area contributed by atoms with Crippen LogP contribution in [0.25, 0.3) is 16.7 Å². The molecule has 7 heteroatoms. The van der Waals surface area contributed by atoms with Crippen LogP contribution in [0.2, 0.25) is 0 Å². The van der Waals surface area contributed by atoms with Crippen LogP contribution in [0, 0.1) is 6.92 Å². The predicted octanol–water partition coefficient (Wildman–Crippen LogP) is 2.29. The van der Waals surface area contributed by atoms with Crippen molar-refractivity contribution < 1.29 is 8.78 Å². The first-order valence-corrected chi connectivity index (χ1v) is 5.90. The van der Waals surface area contributed by atoms with Gasteiger partial charge in [-0.3, -0.25) is 0 Å². The normalized spacial score (nSPS) is 11.4. The third-order valence-electron chi connectivity index (χ3n) is 2.98. The van der Waals surface area contributed by atoms with Gasteiger partial charge in [0, 0.05) is 5.39 Å². The van der Waals surface area contributed by atoms with Gasteiger partial charge in [-0.2, -0.15) is 13.5 Å². The molecule has 5 nitrogen and oxygen atoms in total. The Morgan fingerprint density at radius 3 is 2.60 bits per heavy atom. The smallest absolute Gasteiger partial charge is 0.245 e. The van der Waals surface area contributed by atoms with Gasteiger partial charge in [0.2, 0.25) is 0 Å². The van der Waals surface area contributed by atoms with Crippen LogP contribution < -0.4 is 5.69 Å². The Morgan fingerprint density at radius 2 is 1.90 bits per heavy atom. The zero-order valence-corrected chi connectivity index (χ0v) is 10.5. The van der Waals surface area contributed by atoms with E-state index in [1.807, 2.05) is 18.2 Å². The van der Waals surface area contributed by atoms with Crippen molar-refractivity contribution in [3.05, 3.63) is 52.7 Å². The van der Waals surface area contributed by atoms with E-state index in [2.05, 4.69) is 10.1 Å². The van der Waals surface area contributed by atoms with Crippen molar-refractivity contribution >= 4 is 10.9 Å². The standard InChI is InChI=1S/C13H10F2N4O/c1-8-17-19(13(20)18(8)12(14)15)11-7-6-9-4-2-3-5-10(9)16-11/h2-7,12H,1H3. The molecule has 0 atom stereocenters. The van der Waals surface area contributed by atoms with Crippen LogP contribution in [0.5, 0.6) is 0 Å². The van der Waals surface area contributed by atoms with Gasteiger partial charge >= 0.3 is 12.2 Å². The molecule has 0 aliphatic rings. The van der Waals surface area contributed by atoms with Gasteiger partial charge in [0.15, 0.2) is 5.82 Å². The molecule has 3 rings (SSSR count). The molecule has 0 N–H and O–H groups in total. The van der Waals surface area contributed by atoms with E-state index in [1.54, 1.807) is 18.2 Å². The summed E-state index contributed by atoms with van der Waals surface area (Å²) in [5, 5.41) is 4.73. The van der Waals surface area contributed by atoms with Crippen LogP contribution in [0.4, 0.5) is 8.78 Å². The molecule has 0 aliphatic carbocycles. The number of halogens is 2. The van der Waals surface area contributed by atoms with Crippen molar-refractivity contribution in [2.75, 3.05) is 0 Å². The molecule has 102 valence electrons. The van der Waals surface area contributed by atoms with E-state index in [-0.39, 0.29) is 11.6 Å². The molecule has 2 aromatic heterocycles. The number of benzene rings is 1. The van der Waals surface area contributed by atoms with E-state index in [0.29, 0.717) is 10.1 Å². The van der Waals surface area contributed by atoms with Crippen molar-refractivity contribution in [1.82, 2.24) is 19.3 Å². The Morgan fingerprint density at radius 1 is 1.15 bits per heavy atom. The van der Waals surface area contributed by atoms with E-state index < -0.39 is 12.2 Å². The summed E-state index contributed by atoms with van der Waals surface area (Å²) in [7, 11) is 0. The second-order valence-electron chi connectivity index (χ2n) is 4.25. The molecule has 0 bridgehead atoms. The first-order valence-electron chi connectivity index (χ1n) is 5.90. The maximum Gasteiger partial charge on any atom is 0.356 e. The maximum absolute atomic E-state index is 12.8. The van der Waals surface area contributed by atoms with Crippen LogP contribution in [0.15, 0.2) is 41.2 Å². The van der Waals surface area contributed by atoms with Gasteiger partial charge in [0.25, 0.3) is 0 Å². The summed E-state index contributed by atoms with van der Waals surface area (Å²) in [4.78, 5) is 16.2. The summed E-state index contributed by atoms with van der Waals surface area (Å²) in [6.45, 7) is -1.57. The van der Waals surface area contributed by atoms with Crippen LogP contribution in [0.3, 0.4) is 0 Å². The Hall–Kier alpha value is -2.57. The van der Waals surface area contributed by atoms with Crippen molar-refractivity contribution in [2.45, 2.75) is 13.5 Å². The molecule has 0 radical (unpaired) electrons. The molecular weight excluding hydrogens is 266 g/mol. The number of para-hydroxylation sites is 1. The zero-order valence-electron chi connectivity index (χ0n) is 10.5. The second-order valence-corrected chi connectivity index (χ2v) is 4.25. The molecule has 3 aromatic rings. The fourth-order valence-electron chi connectivity index (χ4n) is 2.02. The molecule has 0 unspecified atom stereocenters. The van der Waals surface area contributed by atoms with Gasteiger partial charge in [0.05, 0.1) is 5.52 Å². The topological polar surface area (TPSA) is 52.7 Å². The Labute approximate surface area is 112 Å². The number of alkyl halides is 2. The molecule has 2 heterocycles. The van der Waals surface area contributed by atoms with Gasteiger partial charge in [0.1, 0.15) is 5.82 Å². The monoisotopic (exact) mass is 276 g/mol. The number of aryl methyl sites for hydroxylation is 1. The van der Waals surface area contributed by atoms with Crippen molar-refractivity contribution in [3.8, 4) is 5.82 Å². The molecule has 0 amide bonds. The summed E-state index contributed by atoms with van der Waals surface area (Å²) >= 11 is 0. The van der Waals surface area contributed by atoms with Crippen molar-refractivity contribution in [3.63, 3.8) is 0 Å². The highest BCUT2D eigenvalue weighted by atomic mass is 19.3.